The lowest BCUT2D eigenvalue weighted by molar-refractivity contribution is 0.415. The lowest BCUT2D eigenvalue weighted by Crippen LogP contribution is -2.17. The molecule has 0 aliphatic rings. The van der Waals surface area contributed by atoms with Gasteiger partial charge in [0.15, 0.2) is 0 Å². The maximum absolute atomic E-state index is 7.41. The monoisotopic (exact) mass is 303 g/mol. The predicted molar refractivity (Wildman–Crippen MR) is 87.6 cm³/mol. The Morgan fingerprint density at radius 2 is 1.90 bits per heavy atom. The molecule has 2 aromatic rings. The molecule has 0 bridgehead atoms. The molecule has 0 heterocycles. The number of halogens is 1. The average molecular weight is 304 g/mol. The topological polar surface area (TPSA) is 62.3 Å². The van der Waals surface area contributed by atoms with Crippen molar-refractivity contribution in [2.45, 2.75) is 6.54 Å². The van der Waals surface area contributed by atoms with Crippen LogP contribution in [0.2, 0.25) is 5.02 Å². The number of nitrogens with one attached hydrogen (secondary N) is 1. The average Bonchev–Trinajstić information content (AvgIpc) is 2.49. The third kappa shape index (κ3) is 3.67. The Morgan fingerprint density at radius 3 is 2.43 bits per heavy atom. The van der Waals surface area contributed by atoms with Crippen LogP contribution in [0.1, 0.15) is 11.1 Å². The van der Waals surface area contributed by atoms with E-state index in [-0.39, 0.29) is 5.84 Å². The van der Waals surface area contributed by atoms with E-state index in [1.807, 2.05) is 43.4 Å². The van der Waals surface area contributed by atoms with Gasteiger partial charge in [0.2, 0.25) is 0 Å². The summed E-state index contributed by atoms with van der Waals surface area (Å²) >= 11 is 6.25. The van der Waals surface area contributed by atoms with Crippen molar-refractivity contribution in [1.82, 2.24) is 0 Å². The summed E-state index contributed by atoms with van der Waals surface area (Å²) in [6.45, 7) is 0.670. The molecule has 0 aliphatic carbocycles. The van der Waals surface area contributed by atoms with E-state index in [1.54, 1.807) is 13.2 Å². The van der Waals surface area contributed by atoms with Crippen molar-refractivity contribution in [2.75, 3.05) is 19.1 Å². The van der Waals surface area contributed by atoms with Crippen molar-refractivity contribution in [1.29, 1.82) is 5.41 Å². The van der Waals surface area contributed by atoms with Crippen molar-refractivity contribution >= 4 is 23.1 Å². The molecular weight excluding hydrogens is 286 g/mol. The molecule has 21 heavy (non-hydrogen) atoms. The fraction of sp³-hybridized carbons (Fsp3) is 0.188. The molecular formula is C16H18ClN3O. The van der Waals surface area contributed by atoms with Gasteiger partial charge in [0.25, 0.3) is 0 Å². The van der Waals surface area contributed by atoms with Gasteiger partial charge in [-0.3, -0.25) is 5.41 Å². The van der Waals surface area contributed by atoms with Gasteiger partial charge in [-0.2, -0.15) is 0 Å². The Kier molecular flexibility index (Phi) is 4.70. The van der Waals surface area contributed by atoms with E-state index < -0.39 is 0 Å². The molecule has 2 aromatic carbocycles. The molecule has 0 aliphatic heterocycles. The summed E-state index contributed by atoms with van der Waals surface area (Å²) in [5.74, 6) is 0.850. The summed E-state index contributed by atoms with van der Waals surface area (Å²) in [4.78, 5) is 2.09. The highest BCUT2D eigenvalue weighted by Gasteiger charge is 2.08. The standard InChI is InChI=1S/C16H18ClN3O/c1-20(13-5-7-14(21-2)8-6-13)10-12-4-3-11(16(18)19)9-15(12)17/h3-9H,10H2,1-2H3,(H3,18,19). The SMILES string of the molecule is COc1ccc(N(C)Cc2ccc(C(=N)N)cc2Cl)cc1. The van der Waals surface area contributed by atoms with Crippen LogP contribution in [0.15, 0.2) is 42.5 Å². The van der Waals surface area contributed by atoms with E-state index in [1.165, 1.54) is 0 Å². The van der Waals surface area contributed by atoms with Gasteiger partial charge in [-0.05, 0) is 35.9 Å². The molecule has 0 saturated heterocycles. The van der Waals surface area contributed by atoms with E-state index in [4.69, 9.17) is 27.5 Å². The molecule has 110 valence electrons. The summed E-state index contributed by atoms with van der Waals surface area (Å²) in [6.07, 6.45) is 0. The number of ether oxygens (including phenoxy) is 1. The van der Waals surface area contributed by atoms with Crippen LogP contribution in [0.25, 0.3) is 0 Å². The molecule has 0 atom stereocenters. The predicted octanol–water partition coefficient (Wildman–Crippen LogP) is 3.27. The van der Waals surface area contributed by atoms with Crippen LogP contribution in [-0.4, -0.2) is 20.0 Å². The van der Waals surface area contributed by atoms with Crippen molar-refractivity contribution in [3.8, 4) is 5.75 Å². The van der Waals surface area contributed by atoms with Crippen LogP contribution in [0.4, 0.5) is 5.69 Å². The second-order valence-corrected chi connectivity index (χ2v) is 5.18. The highest BCUT2D eigenvalue weighted by Crippen LogP contribution is 2.23. The molecule has 4 nitrogen and oxygen atoms in total. The van der Waals surface area contributed by atoms with Crippen molar-refractivity contribution in [3.05, 3.63) is 58.6 Å². The number of hydrogen-bond donors (Lipinski definition) is 2. The second kappa shape index (κ2) is 6.50. The Labute approximate surface area is 129 Å². The van der Waals surface area contributed by atoms with Gasteiger partial charge in [0.05, 0.1) is 7.11 Å². The molecule has 0 amide bonds. The zero-order chi connectivity index (χ0) is 15.4. The quantitative estimate of drug-likeness (QED) is 0.658. The fourth-order valence-corrected chi connectivity index (χ4v) is 2.27. The molecule has 0 radical (unpaired) electrons. The number of rotatable bonds is 5. The smallest absolute Gasteiger partial charge is 0.122 e. The van der Waals surface area contributed by atoms with E-state index in [0.29, 0.717) is 17.1 Å². The highest BCUT2D eigenvalue weighted by molar-refractivity contribution is 6.31. The first-order valence-corrected chi connectivity index (χ1v) is 6.87. The molecule has 0 fully saturated rings. The third-order valence-electron chi connectivity index (χ3n) is 3.28. The number of nitrogens with two attached hydrogens (primary N) is 1. The van der Waals surface area contributed by atoms with Crippen LogP contribution >= 0.6 is 11.6 Å². The van der Waals surface area contributed by atoms with Gasteiger partial charge in [-0.15, -0.1) is 0 Å². The van der Waals surface area contributed by atoms with Crippen LogP contribution in [0.5, 0.6) is 5.75 Å². The van der Waals surface area contributed by atoms with E-state index in [2.05, 4.69) is 4.90 Å². The minimum Gasteiger partial charge on any atom is -0.497 e. The van der Waals surface area contributed by atoms with Crippen LogP contribution in [0.3, 0.4) is 0 Å². The highest BCUT2D eigenvalue weighted by atomic mass is 35.5. The van der Waals surface area contributed by atoms with Crippen LogP contribution in [-0.2, 0) is 6.54 Å². The fourth-order valence-electron chi connectivity index (χ4n) is 2.03. The summed E-state index contributed by atoms with van der Waals surface area (Å²) in [5.41, 5.74) is 8.15. The zero-order valence-electron chi connectivity index (χ0n) is 12.1. The molecule has 0 spiro atoms. The van der Waals surface area contributed by atoms with Crippen molar-refractivity contribution < 1.29 is 4.74 Å². The molecule has 3 N–H and O–H groups in total. The number of hydrogen-bond acceptors (Lipinski definition) is 3. The van der Waals surface area contributed by atoms with Gasteiger partial charge >= 0.3 is 0 Å². The lowest BCUT2D eigenvalue weighted by atomic mass is 10.1. The van der Waals surface area contributed by atoms with E-state index in [0.717, 1.165) is 17.0 Å². The van der Waals surface area contributed by atoms with Gasteiger partial charge < -0.3 is 15.4 Å². The Morgan fingerprint density at radius 1 is 1.24 bits per heavy atom. The first-order chi connectivity index (χ1) is 10.0. The van der Waals surface area contributed by atoms with E-state index in [9.17, 15) is 0 Å². The van der Waals surface area contributed by atoms with Gasteiger partial charge in [-0.25, -0.2) is 0 Å². The minimum absolute atomic E-state index is 0.0203. The number of amidine groups is 1. The first kappa shape index (κ1) is 15.2. The van der Waals surface area contributed by atoms with Crippen LogP contribution in [0, 0.1) is 5.41 Å². The number of nitrogens with zero attached hydrogens (tertiary/aromatic N) is 1. The third-order valence-corrected chi connectivity index (χ3v) is 3.64. The second-order valence-electron chi connectivity index (χ2n) is 4.77. The van der Waals surface area contributed by atoms with Crippen molar-refractivity contribution in [3.63, 3.8) is 0 Å². The number of methoxy groups -OCH3 is 1. The molecule has 2 rings (SSSR count). The summed E-state index contributed by atoms with van der Waals surface area (Å²) < 4.78 is 5.15. The molecule has 5 heteroatoms. The molecule has 0 saturated carbocycles. The normalized spacial score (nSPS) is 10.2. The minimum atomic E-state index is 0.0203. The molecule has 0 aromatic heterocycles. The summed E-state index contributed by atoms with van der Waals surface area (Å²) in [7, 11) is 3.64. The largest absolute Gasteiger partial charge is 0.497 e. The van der Waals surface area contributed by atoms with Gasteiger partial charge in [-0.1, -0.05) is 23.7 Å². The van der Waals surface area contributed by atoms with Crippen LogP contribution < -0.4 is 15.4 Å². The van der Waals surface area contributed by atoms with E-state index >= 15 is 0 Å². The van der Waals surface area contributed by atoms with Gasteiger partial charge in [0, 0.05) is 29.9 Å². The summed E-state index contributed by atoms with van der Waals surface area (Å²) in [5, 5.41) is 8.03. The number of nitrogen functional groups attached to an aromatic ring is 1. The zero-order valence-corrected chi connectivity index (χ0v) is 12.8. The maximum atomic E-state index is 7.41. The molecule has 0 unspecified atom stereocenters. The summed E-state index contributed by atoms with van der Waals surface area (Å²) in [6, 6.07) is 13.3. The first-order valence-electron chi connectivity index (χ1n) is 6.49. The maximum Gasteiger partial charge on any atom is 0.122 e. The number of benzene rings is 2. The number of anilines is 1. The Bertz CT molecular complexity index is 640. The van der Waals surface area contributed by atoms with Gasteiger partial charge in [0.1, 0.15) is 11.6 Å². The Hall–Kier alpha value is -2.20. The Balaban J connectivity index is 2.14. The van der Waals surface area contributed by atoms with Crippen molar-refractivity contribution in [2.24, 2.45) is 5.73 Å². The lowest BCUT2D eigenvalue weighted by Gasteiger charge is -2.20.